The lowest BCUT2D eigenvalue weighted by Crippen LogP contribution is -2.39. The van der Waals surface area contributed by atoms with Crippen molar-refractivity contribution >= 4 is 0 Å². The monoisotopic (exact) mass is 199 g/mol. The molecule has 0 spiro atoms. The van der Waals surface area contributed by atoms with Gasteiger partial charge >= 0.3 is 0 Å². The Morgan fingerprint density at radius 1 is 1.21 bits per heavy atom. The van der Waals surface area contributed by atoms with Gasteiger partial charge < -0.3 is 10.4 Å². The van der Waals surface area contributed by atoms with Crippen LogP contribution in [-0.4, -0.2) is 24.8 Å². The lowest BCUT2D eigenvalue weighted by Gasteiger charge is -2.35. The second kappa shape index (κ2) is 6.41. The molecule has 2 heteroatoms. The van der Waals surface area contributed by atoms with Gasteiger partial charge in [-0.3, -0.25) is 0 Å². The quantitative estimate of drug-likeness (QED) is 0.643. The highest BCUT2D eigenvalue weighted by molar-refractivity contribution is 4.84. The molecule has 0 aromatic carbocycles. The lowest BCUT2D eigenvalue weighted by molar-refractivity contribution is 0.0815. The Kier molecular flexibility index (Phi) is 5.49. The summed E-state index contributed by atoms with van der Waals surface area (Å²) >= 11 is 0. The molecule has 0 unspecified atom stereocenters. The molecule has 2 N–H and O–H groups in total. The second-order valence-corrected chi connectivity index (χ2v) is 4.75. The maximum Gasteiger partial charge on any atom is 0.0499 e. The average Bonchev–Trinajstić information content (AvgIpc) is 2.26. The molecule has 0 radical (unpaired) electrons. The number of hydrogen-bond donors (Lipinski definition) is 2. The van der Waals surface area contributed by atoms with E-state index >= 15 is 0 Å². The molecule has 84 valence electrons. The zero-order chi connectivity index (χ0) is 10.3. The number of nitrogens with one attached hydrogen (secondary N) is 1. The van der Waals surface area contributed by atoms with Crippen molar-refractivity contribution in [2.45, 2.75) is 51.9 Å². The third kappa shape index (κ3) is 3.58. The second-order valence-electron chi connectivity index (χ2n) is 4.75. The summed E-state index contributed by atoms with van der Waals surface area (Å²) in [6.07, 6.45) is 8.88. The summed E-state index contributed by atoms with van der Waals surface area (Å²) in [5, 5.41) is 12.9. The molecule has 0 aromatic rings. The molecule has 1 aliphatic carbocycles. The van der Waals surface area contributed by atoms with Gasteiger partial charge in [0.1, 0.15) is 0 Å². The number of aliphatic hydroxyl groups excluding tert-OH is 1. The Labute approximate surface area is 88.1 Å². The summed E-state index contributed by atoms with van der Waals surface area (Å²) in [4.78, 5) is 0. The highest BCUT2D eigenvalue weighted by Gasteiger charge is 2.30. The standard InChI is InChI=1S/C12H25NO/c1-2-3-9-13-10-12(11-14)7-5-4-6-8-12/h13-14H,2-11H2,1H3. The predicted octanol–water partition coefficient (Wildman–Crippen LogP) is 2.32. The highest BCUT2D eigenvalue weighted by Crippen LogP contribution is 2.35. The Morgan fingerprint density at radius 3 is 2.50 bits per heavy atom. The molecule has 0 saturated heterocycles. The SMILES string of the molecule is CCCCNCC1(CO)CCCCC1. The van der Waals surface area contributed by atoms with Gasteiger partial charge in [-0.15, -0.1) is 0 Å². The van der Waals surface area contributed by atoms with Gasteiger partial charge in [0.15, 0.2) is 0 Å². The van der Waals surface area contributed by atoms with E-state index in [2.05, 4.69) is 12.2 Å². The first-order valence-electron chi connectivity index (χ1n) is 6.14. The number of aliphatic hydroxyl groups is 1. The van der Waals surface area contributed by atoms with Gasteiger partial charge in [-0.05, 0) is 25.8 Å². The summed E-state index contributed by atoms with van der Waals surface area (Å²) in [6, 6.07) is 0. The summed E-state index contributed by atoms with van der Waals surface area (Å²) in [5.74, 6) is 0. The van der Waals surface area contributed by atoms with Crippen LogP contribution < -0.4 is 5.32 Å². The Hall–Kier alpha value is -0.0800. The van der Waals surface area contributed by atoms with Gasteiger partial charge in [-0.2, -0.15) is 0 Å². The van der Waals surface area contributed by atoms with Crippen molar-refractivity contribution in [3.63, 3.8) is 0 Å². The smallest absolute Gasteiger partial charge is 0.0499 e. The number of unbranched alkanes of at least 4 members (excludes halogenated alkanes) is 1. The molecular formula is C12H25NO. The van der Waals surface area contributed by atoms with Gasteiger partial charge in [0.25, 0.3) is 0 Å². The van der Waals surface area contributed by atoms with E-state index in [-0.39, 0.29) is 5.41 Å². The average molecular weight is 199 g/mol. The number of rotatable bonds is 6. The molecular weight excluding hydrogens is 174 g/mol. The van der Waals surface area contributed by atoms with Gasteiger partial charge in [0.05, 0.1) is 0 Å². The fourth-order valence-electron chi connectivity index (χ4n) is 2.35. The molecule has 1 fully saturated rings. The first-order chi connectivity index (χ1) is 6.83. The predicted molar refractivity (Wildman–Crippen MR) is 60.4 cm³/mol. The fourth-order valence-corrected chi connectivity index (χ4v) is 2.35. The highest BCUT2D eigenvalue weighted by atomic mass is 16.3. The molecule has 2 nitrogen and oxygen atoms in total. The van der Waals surface area contributed by atoms with Crippen LogP contribution >= 0.6 is 0 Å². The molecule has 1 saturated carbocycles. The van der Waals surface area contributed by atoms with Crippen LogP contribution in [0.4, 0.5) is 0 Å². The minimum atomic E-state index is 0.214. The van der Waals surface area contributed by atoms with E-state index in [9.17, 15) is 5.11 Å². The third-order valence-electron chi connectivity index (χ3n) is 3.46. The van der Waals surface area contributed by atoms with Crippen molar-refractivity contribution in [3.8, 4) is 0 Å². The van der Waals surface area contributed by atoms with Crippen molar-refractivity contribution in [2.24, 2.45) is 5.41 Å². The van der Waals surface area contributed by atoms with Crippen molar-refractivity contribution in [3.05, 3.63) is 0 Å². The van der Waals surface area contributed by atoms with Crippen LogP contribution in [0.15, 0.2) is 0 Å². The third-order valence-corrected chi connectivity index (χ3v) is 3.46. The van der Waals surface area contributed by atoms with E-state index in [4.69, 9.17) is 0 Å². The van der Waals surface area contributed by atoms with E-state index in [1.807, 2.05) is 0 Å². The van der Waals surface area contributed by atoms with Gasteiger partial charge in [-0.25, -0.2) is 0 Å². The van der Waals surface area contributed by atoms with E-state index in [0.717, 1.165) is 13.1 Å². The van der Waals surface area contributed by atoms with E-state index in [1.165, 1.54) is 44.9 Å². The normalized spacial score (nSPS) is 21.0. The van der Waals surface area contributed by atoms with Gasteiger partial charge in [-0.1, -0.05) is 32.6 Å². The van der Waals surface area contributed by atoms with Crippen LogP contribution in [0.25, 0.3) is 0 Å². The van der Waals surface area contributed by atoms with Gasteiger partial charge in [0.2, 0.25) is 0 Å². The fraction of sp³-hybridized carbons (Fsp3) is 1.00. The Balaban J connectivity index is 2.22. The van der Waals surface area contributed by atoms with Crippen LogP contribution in [0.2, 0.25) is 0 Å². The molecule has 0 heterocycles. The van der Waals surface area contributed by atoms with Crippen molar-refractivity contribution in [2.75, 3.05) is 19.7 Å². The molecule has 0 atom stereocenters. The summed E-state index contributed by atoms with van der Waals surface area (Å²) in [5.41, 5.74) is 0.214. The van der Waals surface area contributed by atoms with Crippen LogP contribution in [0.1, 0.15) is 51.9 Å². The largest absolute Gasteiger partial charge is 0.396 e. The molecule has 1 rings (SSSR count). The topological polar surface area (TPSA) is 32.3 Å². The van der Waals surface area contributed by atoms with Crippen LogP contribution in [0.5, 0.6) is 0 Å². The van der Waals surface area contributed by atoms with Crippen LogP contribution in [0.3, 0.4) is 0 Å². The molecule has 0 aliphatic heterocycles. The van der Waals surface area contributed by atoms with E-state index in [1.54, 1.807) is 0 Å². The minimum Gasteiger partial charge on any atom is -0.396 e. The van der Waals surface area contributed by atoms with Crippen molar-refractivity contribution in [1.29, 1.82) is 0 Å². The summed E-state index contributed by atoms with van der Waals surface area (Å²) in [7, 11) is 0. The molecule has 1 aliphatic rings. The summed E-state index contributed by atoms with van der Waals surface area (Å²) < 4.78 is 0. The molecule has 0 aromatic heterocycles. The van der Waals surface area contributed by atoms with Gasteiger partial charge in [0, 0.05) is 18.6 Å². The molecule has 0 bridgehead atoms. The van der Waals surface area contributed by atoms with Crippen molar-refractivity contribution < 1.29 is 5.11 Å². The first kappa shape index (κ1) is 12.0. The number of hydrogen-bond acceptors (Lipinski definition) is 2. The maximum absolute atomic E-state index is 9.46. The zero-order valence-corrected chi connectivity index (χ0v) is 9.52. The molecule has 0 amide bonds. The Bertz CT molecular complexity index is 141. The molecule has 14 heavy (non-hydrogen) atoms. The van der Waals surface area contributed by atoms with Crippen LogP contribution in [-0.2, 0) is 0 Å². The lowest BCUT2D eigenvalue weighted by atomic mass is 9.74. The zero-order valence-electron chi connectivity index (χ0n) is 9.52. The van der Waals surface area contributed by atoms with E-state index in [0.29, 0.717) is 6.61 Å². The minimum absolute atomic E-state index is 0.214. The van der Waals surface area contributed by atoms with E-state index < -0.39 is 0 Å². The van der Waals surface area contributed by atoms with Crippen LogP contribution in [0, 0.1) is 5.41 Å². The summed E-state index contributed by atoms with van der Waals surface area (Å²) in [6.45, 7) is 4.71. The van der Waals surface area contributed by atoms with Crippen molar-refractivity contribution in [1.82, 2.24) is 5.32 Å². The Morgan fingerprint density at radius 2 is 1.93 bits per heavy atom. The maximum atomic E-state index is 9.46. The first-order valence-corrected chi connectivity index (χ1v) is 6.14.